The van der Waals surface area contributed by atoms with Gasteiger partial charge >= 0.3 is 0 Å². The summed E-state index contributed by atoms with van der Waals surface area (Å²) < 4.78 is 0. The smallest absolute Gasteiger partial charge is 0.246 e. The van der Waals surface area contributed by atoms with Gasteiger partial charge in [-0.3, -0.25) is 9.59 Å². The van der Waals surface area contributed by atoms with Crippen molar-refractivity contribution in [1.29, 1.82) is 0 Å². The highest BCUT2D eigenvalue weighted by Gasteiger charge is 2.35. The average Bonchev–Trinajstić information content (AvgIpc) is 2.53. The molecule has 1 heterocycles. The number of carbonyl (C=O) groups excluding carboxylic acids is 2. The fourth-order valence-corrected chi connectivity index (χ4v) is 3.96. The summed E-state index contributed by atoms with van der Waals surface area (Å²) in [7, 11) is 0. The molecular weight excluding hydrogens is 341 g/mol. The van der Waals surface area contributed by atoms with Gasteiger partial charge in [0, 0.05) is 37.6 Å². The highest BCUT2D eigenvalue weighted by molar-refractivity contribution is 6.24. The number of halogens is 2. The lowest BCUT2D eigenvalue weighted by Crippen LogP contribution is -2.56. The van der Waals surface area contributed by atoms with Crippen molar-refractivity contribution in [3.8, 4) is 0 Å². The van der Waals surface area contributed by atoms with E-state index < -0.39 is 6.10 Å². The first-order valence-corrected chi connectivity index (χ1v) is 8.68. The summed E-state index contributed by atoms with van der Waals surface area (Å²) in [6, 6.07) is -0.334. The van der Waals surface area contributed by atoms with Crippen LogP contribution in [-0.4, -0.2) is 82.3 Å². The number of aliphatic hydroxyl groups is 1. The zero-order chi connectivity index (χ0) is 17.0. The summed E-state index contributed by atoms with van der Waals surface area (Å²) in [4.78, 5) is 27.1. The lowest BCUT2D eigenvalue weighted by atomic mass is 9.91. The Hall–Kier alpha value is -0.820. The van der Waals surface area contributed by atoms with Crippen LogP contribution in [0.4, 0.5) is 0 Å². The molecule has 2 rings (SSSR count). The molecule has 0 spiro atoms. The van der Waals surface area contributed by atoms with Crippen molar-refractivity contribution in [2.24, 2.45) is 0 Å². The van der Waals surface area contributed by atoms with E-state index in [9.17, 15) is 14.7 Å². The second-order valence-corrected chi connectivity index (χ2v) is 7.15. The lowest BCUT2D eigenvalue weighted by Gasteiger charge is -2.37. The summed E-state index contributed by atoms with van der Waals surface area (Å²) >= 11 is 12.2. The molecule has 2 N–H and O–H groups in total. The van der Waals surface area contributed by atoms with Gasteiger partial charge in [-0.1, -0.05) is 6.58 Å². The van der Waals surface area contributed by atoms with Gasteiger partial charge in [-0.25, -0.2) is 0 Å². The molecule has 1 saturated heterocycles. The second-order valence-electron chi connectivity index (χ2n) is 5.97. The van der Waals surface area contributed by atoms with Crippen LogP contribution >= 0.6 is 23.2 Å². The zero-order valence-corrected chi connectivity index (χ0v) is 14.5. The molecule has 23 heavy (non-hydrogen) atoms. The normalized spacial score (nSPS) is 31.8. The maximum atomic E-state index is 12.3. The number of aliphatic hydroxyl groups excluding tert-OH is 1. The van der Waals surface area contributed by atoms with Crippen molar-refractivity contribution in [3.63, 3.8) is 0 Å². The van der Waals surface area contributed by atoms with Gasteiger partial charge in [0.05, 0.1) is 18.0 Å². The topological polar surface area (TPSA) is 72.9 Å². The van der Waals surface area contributed by atoms with Crippen LogP contribution in [0.5, 0.6) is 0 Å². The first-order chi connectivity index (χ1) is 10.9. The molecule has 2 fully saturated rings. The maximum Gasteiger partial charge on any atom is 0.246 e. The molecule has 1 saturated carbocycles. The summed E-state index contributed by atoms with van der Waals surface area (Å²) in [6.45, 7) is 5.60. The van der Waals surface area contributed by atoms with Gasteiger partial charge in [0.15, 0.2) is 0 Å². The molecule has 1 aliphatic heterocycles. The minimum atomic E-state index is -0.649. The number of hydrogen-bond acceptors (Lipinski definition) is 4. The minimum absolute atomic E-state index is 0.0558. The van der Waals surface area contributed by atoms with E-state index in [1.807, 2.05) is 0 Å². The summed E-state index contributed by atoms with van der Waals surface area (Å²) in [6.07, 6.45) is 1.71. The summed E-state index contributed by atoms with van der Waals surface area (Å²) in [5.74, 6) is -0.166. The number of amides is 2. The Labute approximate surface area is 146 Å². The van der Waals surface area contributed by atoms with Crippen LogP contribution in [0.2, 0.25) is 0 Å². The highest BCUT2D eigenvalue weighted by atomic mass is 35.5. The third kappa shape index (κ3) is 4.83. The predicted octanol–water partition coefficient (Wildman–Crippen LogP) is 0.171. The van der Waals surface area contributed by atoms with E-state index in [1.165, 1.54) is 6.08 Å². The van der Waals surface area contributed by atoms with Crippen LogP contribution < -0.4 is 5.32 Å². The Morgan fingerprint density at radius 3 is 2.35 bits per heavy atom. The number of piperazine rings is 1. The molecule has 0 aromatic heterocycles. The standard InChI is InChI=1S/C15H23Cl2N3O3/c1-2-13(22)19-3-5-20(6-4-19)14(23)9-18-15-11(17)7-10(16)8-12(15)21/h2,10-12,15,18,21H,1,3-9H2. The third-order valence-electron chi connectivity index (χ3n) is 4.39. The van der Waals surface area contributed by atoms with Gasteiger partial charge in [-0.15, -0.1) is 23.2 Å². The van der Waals surface area contributed by atoms with Crippen LogP contribution in [0.25, 0.3) is 0 Å². The van der Waals surface area contributed by atoms with Gasteiger partial charge < -0.3 is 20.2 Å². The van der Waals surface area contributed by atoms with Crippen molar-refractivity contribution >= 4 is 35.0 Å². The van der Waals surface area contributed by atoms with E-state index in [2.05, 4.69) is 11.9 Å². The molecule has 8 heteroatoms. The predicted molar refractivity (Wildman–Crippen MR) is 89.7 cm³/mol. The quantitative estimate of drug-likeness (QED) is 0.551. The molecule has 2 amide bonds. The maximum absolute atomic E-state index is 12.3. The molecule has 6 nitrogen and oxygen atoms in total. The molecule has 1 aliphatic carbocycles. The van der Waals surface area contributed by atoms with E-state index in [4.69, 9.17) is 23.2 Å². The number of alkyl halides is 2. The van der Waals surface area contributed by atoms with E-state index >= 15 is 0 Å². The van der Waals surface area contributed by atoms with E-state index in [-0.39, 0.29) is 35.2 Å². The van der Waals surface area contributed by atoms with Crippen molar-refractivity contribution in [2.45, 2.75) is 35.7 Å². The van der Waals surface area contributed by atoms with Crippen LogP contribution in [0, 0.1) is 0 Å². The molecule has 130 valence electrons. The van der Waals surface area contributed by atoms with Gasteiger partial charge in [0.1, 0.15) is 0 Å². The first kappa shape index (κ1) is 18.5. The van der Waals surface area contributed by atoms with E-state index in [0.717, 1.165) is 0 Å². The van der Waals surface area contributed by atoms with Crippen LogP contribution in [0.1, 0.15) is 12.8 Å². The fraction of sp³-hybridized carbons (Fsp3) is 0.733. The van der Waals surface area contributed by atoms with Gasteiger partial charge in [0.25, 0.3) is 0 Å². The molecule has 0 radical (unpaired) electrons. The van der Waals surface area contributed by atoms with Gasteiger partial charge in [-0.05, 0) is 18.9 Å². The van der Waals surface area contributed by atoms with E-state index in [0.29, 0.717) is 39.0 Å². The zero-order valence-electron chi connectivity index (χ0n) is 13.0. The number of nitrogens with zero attached hydrogens (tertiary/aromatic N) is 2. The molecule has 2 aliphatic rings. The Morgan fingerprint density at radius 2 is 1.78 bits per heavy atom. The Bertz CT molecular complexity index is 443. The average molecular weight is 364 g/mol. The number of nitrogens with one attached hydrogen (secondary N) is 1. The van der Waals surface area contributed by atoms with Gasteiger partial charge in [0.2, 0.25) is 11.8 Å². The Morgan fingerprint density at radius 1 is 1.17 bits per heavy atom. The number of hydrogen-bond donors (Lipinski definition) is 2. The molecule has 0 aromatic carbocycles. The lowest BCUT2D eigenvalue weighted by molar-refractivity contribution is -0.136. The minimum Gasteiger partial charge on any atom is -0.391 e. The summed E-state index contributed by atoms with van der Waals surface area (Å²) in [5.41, 5.74) is 0. The van der Waals surface area contributed by atoms with Crippen LogP contribution in [-0.2, 0) is 9.59 Å². The number of carbonyl (C=O) groups is 2. The van der Waals surface area contributed by atoms with Crippen molar-refractivity contribution < 1.29 is 14.7 Å². The fourth-order valence-electron chi connectivity index (χ4n) is 3.02. The molecule has 0 bridgehead atoms. The number of rotatable bonds is 4. The second kappa shape index (κ2) is 8.33. The van der Waals surface area contributed by atoms with E-state index in [1.54, 1.807) is 9.80 Å². The molecule has 0 aromatic rings. The highest BCUT2D eigenvalue weighted by Crippen LogP contribution is 2.27. The molecule has 4 unspecified atom stereocenters. The third-order valence-corrected chi connectivity index (χ3v) is 5.20. The molecule has 4 atom stereocenters. The Balaban J connectivity index is 1.77. The SMILES string of the molecule is C=CC(=O)N1CCN(C(=O)CNC2C(O)CC(Cl)CC2Cl)CC1. The Kier molecular flexibility index (Phi) is 6.71. The largest absolute Gasteiger partial charge is 0.391 e. The first-order valence-electron chi connectivity index (χ1n) is 7.81. The van der Waals surface area contributed by atoms with Crippen molar-refractivity contribution in [1.82, 2.24) is 15.1 Å². The van der Waals surface area contributed by atoms with Crippen LogP contribution in [0.15, 0.2) is 12.7 Å². The monoisotopic (exact) mass is 363 g/mol. The van der Waals surface area contributed by atoms with Crippen molar-refractivity contribution in [3.05, 3.63) is 12.7 Å². The molecular formula is C15H23Cl2N3O3. The van der Waals surface area contributed by atoms with Gasteiger partial charge in [-0.2, -0.15) is 0 Å². The summed E-state index contributed by atoms with van der Waals surface area (Å²) in [5, 5.41) is 12.7. The van der Waals surface area contributed by atoms with Crippen LogP contribution in [0.3, 0.4) is 0 Å². The van der Waals surface area contributed by atoms with Crippen molar-refractivity contribution in [2.75, 3.05) is 32.7 Å².